The minimum Gasteiger partial charge on any atom is -0.475 e. The lowest BCUT2D eigenvalue weighted by atomic mass is 9.78. The molecule has 0 saturated carbocycles. The molecule has 1 aromatic heterocycles. The fourth-order valence-electron chi connectivity index (χ4n) is 2.08. The normalized spacial score (nSPS) is 20.5. The van der Waals surface area contributed by atoms with E-state index in [2.05, 4.69) is 4.98 Å². The number of hydrogen-bond acceptors (Lipinski definition) is 4. The predicted octanol–water partition coefficient (Wildman–Crippen LogP) is 2.48. The van der Waals surface area contributed by atoms with Gasteiger partial charge in [0, 0.05) is 11.2 Å². The van der Waals surface area contributed by atoms with E-state index in [9.17, 15) is 0 Å². The zero-order valence-electron chi connectivity index (χ0n) is 13.5. The molecule has 1 aromatic rings. The molecule has 20 heavy (non-hydrogen) atoms. The minimum absolute atomic E-state index is 0.115. The maximum Gasteiger partial charge on any atom is 0.496 e. The number of nitrogens with zero attached hydrogens (tertiary/aromatic N) is 1. The van der Waals surface area contributed by atoms with E-state index < -0.39 is 0 Å². The van der Waals surface area contributed by atoms with E-state index >= 15 is 0 Å². The summed E-state index contributed by atoms with van der Waals surface area (Å²) in [6.07, 6.45) is 0.115. The number of rotatable bonds is 3. The van der Waals surface area contributed by atoms with Gasteiger partial charge in [-0.15, -0.1) is 0 Å². The summed E-state index contributed by atoms with van der Waals surface area (Å²) in [6.45, 7) is 14.1. The van der Waals surface area contributed by atoms with Crippen molar-refractivity contribution in [3.63, 3.8) is 0 Å². The third-order valence-corrected chi connectivity index (χ3v) is 3.96. The van der Waals surface area contributed by atoms with Crippen molar-refractivity contribution in [2.75, 3.05) is 0 Å². The van der Waals surface area contributed by atoms with Gasteiger partial charge in [0.1, 0.15) is 0 Å². The van der Waals surface area contributed by atoms with Crippen LogP contribution in [0, 0.1) is 6.92 Å². The molecule has 0 aliphatic carbocycles. The molecule has 0 spiro atoms. The van der Waals surface area contributed by atoms with Gasteiger partial charge < -0.3 is 14.0 Å². The number of ether oxygens (including phenoxy) is 1. The van der Waals surface area contributed by atoms with Crippen LogP contribution >= 0.6 is 0 Å². The highest BCUT2D eigenvalue weighted by Gasteiger charge is 2.52. The Balaban J connectivity index is 2.23. The summed E-state index contributed by atoms with van der Waals surface area (Å²) in [4.78, 5) is 4.47. The molecule has 1 aliphatic heterocycles. The van der Waals surface area contributed by atoms with Gasteiger partial charge in [0.25, 0.3) is 0 Å². The van der Waals surface area contributed by atoms with Gasteiger partial charge in [0.15, 0.2) is 0 Å². The quantitative estimate of drug-likeness (QED) is 0.796. The Morgan fingerprint density at radius 3 is 2.10 bits per heavy atom. The van der Waals surface area contributed by atoms with Gasteiger partial charge >= 0.3 is 7.12 Å². The molecule has 0 bridgehead atoms. The highest BCUT2D eigenvalue weighted by atomic mass is 16.7. The second kappa shape index (κ2) is 5.04. The van der Waals surface area contributed by atoms with Gasteiger partial charge in [0.2, 0.25) is 5.88 Å². The Hall–Kier alpha value is -1.07. The molecular weight excluding hydrogens is 253 g/mol. The first kappa shape index (κ1) is 15.3. The molecule has 0 aromatic carbocycles. The molecule has 0 amide bonds. The van der Waals surface area contributed by atoms with Gasteiger partial charge in [-0.05, 0) is 54.5 Å². The van der Waals surface area contributed by atoms with E-state index in [1.54, 1.807) is 0 Å². The van der Waals surface area contributed by atoms with E-state index in [1.165, 1.54) is 0 Å². The molecule has 0 N–H and O–H groups in total. The summed E-state index contributed by atoms with van der Waals surface area (Å²) in [6, 6.07) is 3.84. The van der Waals surface area contributed by atoms with Crippen molar-refractivity contribution in [1.82, 2.24) is 4.98 Å². The lowest BCUT2D eigenvalue weighted by Gasteiger charge is -2.32. The van der Waals surface area contributed by atoms with Crippen LogP contribution < -0.4 is 10.2 Å². The van der Waals surface area contributed by atoms with Crippen LogP contribution in [0.2, 0.25) is 0 Å². The molecule has 110 valence electrons. The first-order valence-corrected chi connectivity index (χ1v) is 7.12. The van der Waals surface area contributed by atoms with Crippen molar-refractivity contribution in [1.29, 1.82) is 0 Å². The smallest absolute Gasteiger partial charge is 0.475 e. The van der Waals surface area contributed by atoms with E-state index in [4.69, 9.17) is 14.0 Å². The maximum absolute atomic E-state index is 6.05. The van der Waals surface area contributed by atoms with E-state index in [0.717, 1.165) is 11.2 Å². The molecule has 2 rings (SSSR count). The van der Waals surface area contributed by atoms with Crippen molar-refractivity contribution in [2.24, 2.45) is 0 Å². The minimum atomic E-state index is -0.374. The fourth-order valence-corrected chi connectivity index (χ4v) is 2.08. The zero-order valence-corrected chi connectivity index (χ0v) is 13.5. The average molecular weight is 277 g/mol. The molecular formula is C15H24BNO3. The van der Waals surface area contributed by atoms with Crippen LogP contribution in [-0.4, -0.2) is 29.4 Å². The van der Waals surface area contributed by atoms with Crippen molar-refractivity contribution in [3.8, 4) is 5.88 Å². The molecule has 0 atom stereocenters. The summed E-state index contributed by atoms with van der Waals surface area (Å²) in [5.74, 6) is 0.637. The van der Waals surface area contributed by atoms with Crippen LogP contribution in [0.15, 0.2) is 12.1 Å². The van der Waals surface area contributed by atoms with Crippen LogP contribution in [0.5, 0.6) is 5.88 Å². The summed E-state index contributed by atoms with van der Waals surface area (Å²) < 4.78 is 17.7. The first-order chi connectivity index (χ1) is 9.12. The number of aromatic nitrogens is 1. The largest absolute Gasteiger partial charge is 0.496 e. The summed E-state index contributed by atoms with van der Waals surface area (Å²) in [5, 5.41) is 0. The Morgan fingerprint density at radius 1 is 1.10 bits per heavy atom. The van der Waals surface area contributed by atoms with Crippen molar-refractivity contribution < 1.29 is 14.0 Å². The summed E-state index contributed by atoms with van der Waals surface area (Å²) in [7, 11) is -0.374. The Kier molecular flexibility index (Phi) is 3.86. The summed E-state index contributed by atoms with van der Waals surface area (Å²) in [5.41, 5.74) is 1.16. The lowest BCUT2D eigenvalue weighted by Crippen LogP contribution is -2.41. The van der Waals surface area contributed by atoms with E-state index in [-0.39, 0.29) is 24.4 Å². The fraction of sp³-hybridized carbons (Fsp3) is 0.667. The maximum atomic E-state index is 6.05. The first-order valence-electron chi connectivity index (χ1n) is 7.12. The van der Waals surface area contributed by atoms with E-state index in [1.807, 2.05) is 60.6 Å². The van der Waals surface area contributed by atoms with Gasteiger partial charge in [-0.1, -0.05) is 6.07 Å². The lowest BCUT2D eigenvalue weighted by molar-refractivity contribution is 0.00578. The molecule has 2 heterocycles. The Labute approximate surface area is 122 Å². The molecule has 0 radical (unpaired) electrons. The van der Waals surface area contributed by atoms with Gasteiger partial charge in [-0.3, -0.25) is 0 Å². The standard InChI is InChI=1S/C15H24BNO3/c1-10(2)18-13-9-8-12(11(3)17-13)16-19-14(4,5)15(6,7)20-16/h8-10H,1-7H3. The van der Waals surface area contributed by atoms with Crippen LogP contribution in [0.4, 0.5) is 0 Å². The van der Waals surface area contributed by atoms with Gasteiger partial charge in [0.05, 0.1) is 17.3 Å². The zero-order chi connectivity index (χ0) is 15.1. The van der Waals surface area contributed by atoms with Crippen LogP contribution in [0.3, 0.4) is 0 Å². The van der Waals surface area contributed by atoms with Gasteiger partial charge in [-0.25, -0.2) is 4.98 Å². The topological polar surface area (TPSA) is 40.6 Å². The van der Waals surface area contributed by atoms with Gasteiger partial charge in [-0.2, -0.15) is 0 Å². The third-order valence-electron chi connectivity index (χ3n) is 3.96. The van der Waals surface area contributed by atoms with Crippen molar-refractivity contribution in [2.45, 2.75) is 65.8 Å². The monoisotopic (exact) mass is 277 g/mol. The second-order valence-corrected chi connectivity index (χ2v) is 6.58. The molecule has 0 unspecified atom stereocenters. The molecule has 1 saturated heterocycles. The average Bonchev–Trinajstić information content (AvgIpc) is 2.46. The summed E-state index contributed by atoms with van der Waals surface area (Å²) >= 11 is 0. The highest BCUT2D eigenvalue weighted by molar-refractivity contribution is 6.62. The van der Waals surface area contributed by atoms with Crippen molar-refractivity contribution >= 4 is 12.6 Å². The van der Waals surface area contributed by atoms with Crippen LogP contribution in [0.25, 0.3) is 0 Å². The Morgan fingerprint density at radius 2 is 1.65 bits per heavy atom. The van der Waals surface area contributed by atoms with Crippen molar-refractivity contribution in [3.05, 3.63) is 17.8 Å². The second-order valence-electron chi connectivity index (χ2n) is 6.58. The van der Waals surface area contributed by atoms with E-state index in [0.29, 0.717) is 5.88 Å². The highest BCUT2D eigenvalue weighted by Crippen LogP contribution is 2.36. The molecule has 1 aliphatic rings. The SMILES string of the molecule is Cc1nc(OC(C)C)ccc1B1OC(C)(C)C(C)(C)O1. The molecule has 1 fully saturated rings. The number of hydrogen-bond donors (Lipinski definition) is 0. The van der Waals surface area contributed by atoms with Crippen LogP contribution in [-0.2, 0) is 9.31 Å². The number of aryl methyl sites for hydroxylation is 1. The van der Waals surface area contributed by atoms with Crippen LogP contribution in [0.1, 0.15) is 47.2 Å². The number of pyridine rings is 1. The molecule has 4 nitrogen and oxygen atoms in total. The third kappa shape index (κ3) is 2.84. The predicted molar refractivity (Wildman–Crippen MR) is 80.5 cm³/mol. The Bertz CT molecular complexity index is 484. The molecule has 5 heteroatoms.